The third kappa shape index (κ3) is 2.53. The number of hydrogen-bond donors (Lipinski definition) is 2. The Hall–Kier alpha value is -2.60. The number of aromatic nitrogens is 3. The van der Waals surface area contributed by atoms with Gasteiger partial charge < -0.3 is 9.84 Å². The molecule has 3 aromatic rings. The first-order valence-electron chi connectivity index (χ1n) is 6.30. The molecule has 0 saturated carbocycles. The van der Waals surface area contributed by atoms with Crippen molar-refractivity contribution in [3.8, 4) is 28.6 Å². The van der Waals surface area contributed by atoms with E-state index in [2.05, 4.69) is 10.2 Å². The van der Waals surface area contributed by atoms with Gasteiger partial charge >= 0.3 is 0 Å². The second-order valence-corrected chi connectivity index (χ2v) is 4.82. The number of benzene rings is 2. The molecule has 0 bridgehead atoms. The van der Waals surface area contributed by atoms with Crippen LogP contribution in [0.5, 0.6) is 11.5 Å². The summed E-state index contributed by atoms with van der Waals surface area (Å²) in [5.74, 6) is 1.69. The van der Waals surface area contributed by atoms with E-state index in [0.717, 1.165) is 17.0 Å². The minimum absolute atomic E-state index is 0.208. The summed E-state index contributed by atoms with van der Waals surface area (Å²) in [4.78, 5) is 0. The molecule has 3 rings (SSSR count). The first-order chi connectivity index (χ1) is 10.2. The van der Waals surface area contributed by atoms with Crippen molar-refractivity contribution in [1.29, 1.82) is 0 Å². The van der Waals surface area contributed by atoms with Gasteiger partial charge in [0.05, 0.1) is 12.8 Å². The monoisotopic (exact) mass is 299 g/mol. The second kappa shape index (κ2) is 5.41. The Morgan fingerprint density at radius 3 is 2.38 bits per heavy atom. The van der Waals surface area contributed by atoms with E-state index in [1.165, 1.54) is 0 Å². The predicted octanol–water partition coefficient (Wildman–Crippen LogP) is 3.31. The molecule has 0 unspecified atom stereocenters. The highest BCUT2D eigenvalue weighted by atomic mass is 32.1. The number of phenols is 1. The van der Waals surface area contributed by atoms with Gasteiger partial charge in [-0.05, 0) is 60.7 Å². The summed E-state index contributed by atoms with van der Waals surface area (Å²) in [5, 5.41) is 16.5. The molecule has 1 heterocycles. The zero-order valence-corrected chi connectivity index (χ0v) is 12.1. The number of ether oxygens (including phenoxy) is 1. The number of methoxy groups -OCH3 is 1. The van der Waals surface area contributed by atoms with Gasteiger partial charge in [0.15, 0.2) is 10.6 Å². The SMILES string of the molecule is COc1ccc(-c2n[nH]c(=S)n2-c2ccc(O)cc2)cc1. The van der Waals surface area contributed by atoms with Gasteiger partial charge in [-0.2, -0.15) is 5.10 Å². The summed E-state index contributed by atoms with van der Waals surface area (Å²) in [5.41, 5.74) is 1.74. The lowest BCUT2D eigenvalue weighted by Gasteiger charge is -2.07. The van der Waals surface area contributed by atoms with Crippen molar-refractivity contribution in [3.05, 3.63) is 53.3 Å². The number of hydrogen-bond acceptors (Lipinski definition) is 4. The van der Waals surface area contributed by atoms with Crippen LogP contribution in [0.25, 0.3) is 17.1 Å². The average Bonchev–Trinajstić information content (AvgIpc) is 2.90. The lowest BCUT2D eigenvalue weighted by molar-refractivity contribution is 0.415. The Kier molecular flexibility index (Phi) is 3.45. The zero-order valence-electron chi connectivity index (χ0n) is 11.3. The molecule has 106 valence electrons. The lowest BCUT2D eigenvalue weighted by atomic mass is 10.2. The molecule has 0 aliphatic carbocycles. The molecule has 0 fully saturated rings. The van der Waals surface area contributed by atoms with E-state index in [1.807, 2.05) is 28.8 Å². The number of nitrogens with one attached hydrogen (secondary N) is 1. The van der Waals surface area contributed by atoms with Crippen LogP contribution in [0, 0.1) is 4.77 Å². The van der Waals surface area contributed by atoms with Gasteiger partial charge in [0.2, 0.25) is 0 Å². The molecule has 0 radical (unpaired) electrons. The van der Waals surface area contributed by atoms with Gasteiger partial charge in [0, 0.05) is 5.56 Å². The Morgan fingerprint density at radius 1 is 1.10 bits per heavy atom. The van der Waals surface area contributed by atoms with Crippen LogP contribution < -0.4 is 4.74 Å². The molecule has 5 nitrogen and oxygen atoms in total. The van der Waals surface area contributed by atoms with E-state index in [0.29, 0.717) is 10.6 Å². The quantitative estimate of drug-likeness (QED) is 0.728. The number of aromatic hydroxyl groups is 1. The van der Waals surface area contributed by atoms with Gasteiger partial charge in [-0.1, -0.05) is 0 Å². The van der Waals surface area contributed by atoms with Gasteiger partial charge in [-0.15, -0.1) is 0 Å². The lowest BCUT2D eigenvalue weighted by Crippen LogP contribution is -1.97. The van der Waals surface area contributed by atoms with Crippen molar-refractivity contribution < 1.29 is 9.84 Å². The normalized spacial score (nSPS) is 10.5. The maximum Gasteiger partial charge on any atom is 0.200 e. The molecule has 2 aromatic carbocycles. The fourth-order valence-corrected chi connectivity index (χ4v) is 2.31. The average molecular weight is 299 g/mol. The van der Waals surface area contributed by atoms with Crippen LogP contribution in [-0.4, -0.2) is 27.0 Å². The molecule has 6 heteroatoms. The third-order valence-electron chi connectivity index (χ3n) is 3.13. The molecular formula is C15H13N3O2S. The molecule has 0 spiro atoms. The molecule has 0 amide bonds. The molecule has 0 saturated heterocycles. The van der Waals surface area contributed by atoms with E-state index in [4.69, 9.17) is 17.0 Å². The van der Waals surface area contributed by atoms with Crippen molar-refractivity contribution in [2.24, 2.45) is 0 Å². The van der Waals surface area contributed by atoms with E-state index in [1.54, 1.807) is 31.4 Å². The molecular weight excluding hydrogens is 286 g/mol. The number of phenolic OH excluding ortho intramolecular Hbond substituents is 1. The van der Waals surface area contributed by atoms with Gasteiger partial charge in [0.1, 0.15) is 11.5 Å². The first-order valence-corrected chi connectivity index (χ1v) is 6.71. The second-order valence-electron chi connectivity index (χ2n) is 4.43. The minimum atomic E-state index is 0.208. The van der Waals surface area contributed by atoms with Crippen molar-refractivity contribution in [1.82, 2.24) is 14.8 Å². The largest absolute Gasteiger partial charge is 0.508 e. The number of rotatable bonds is 3. The van der Waals surface area contributed by atoms with E-state index < -0.39 is 0 Å². The van der Waals surface area contributed by atoms with Crippen LogP contribution in [0.3, 0.4) is 0 Å². The fraction of sp³-hybridized carbons (Fsp3) is 0.0667. The van der Waals surface area contributed by atoms with Crippen molar-refractivity contribution in [3.63, 3.8) is 0 Å². The molecule has 0 aliphatic heterocycles. The highest BCUT2D eigenvalue weighted by molar-refractivity contribution is 7.71. The number of nitrogens with zero attached hydrogens (tertiary/aromatic N) is 2. The van der Waals surface area contributed by atoms with Crippen molar-refractivity contribution in [2.45, 2.75) is 0 Å². The predicted molar refractivity (Wildman–Crippen MR) is 82.4 cm³/mol. The van der Waals surface area contributed by atoms with Crippen LogP contribution in [0.4, 0.5) is 0 Å². The topological polar surface area (TPSA) is 63.1 Å². The van der Waals surface area contributed by atoms with Crippen molar-refractivity contribution >= 4 is 12.2 Å². The van der Waals surface area contributed by atoms with E-state index >= 15 is 0 Å². The minimum Gasteiger partial charge on any atom is -0.508 e. The van der Waals surface area contributed by atoms with E-state index in [9.17, 15) is 5.11 Å². The van der Waals surface area contributed by atoms with Gasteiger partial charge in [-0.25, -0.2) is 0 Å². The maximum absolute atomic E-state index is 9.39. The summed E-state index contributed by atoms with van der Waals surface area (Å²) in [6, 6.07) is 14.4. The number of aromatic amines is 1. The van der Waals surface area contributed by atoms with Crippen LogP contribution in [0.2, 0.25) is 0 Å². The third-order valence-corrected chi connectivity index (χ3v) is 3.40. The zero-order chi connectivity index (χ0) is 14.8. The summed E-state index contributed by atoms with van der Waals surface area (Å²) >= 11 is 5.29. The molecule has 0 aliphatic rings. The Morgan fingerprint density at radius 2 is 1.76 bits per heavy atom. The molecule has 1 aromatic heterocycles. The van der Waals surface area contributed by atoms with E-state index in [-0.39, 0.29) is 5.75 Å². The summed E-state index contributed by atoms with van der Waals surface area (Å²) in [7, 11) is 1.63. The molecule has 0 atom stereocenters. The fourth-order valence-electron chi connectivity index (χ4n) is 2.07. The first kappa shape index (κ1) is 13.4. The molecule has 2 N–H and O–H groups in total. The highest BCUT2D eigenvalue weighted by Gasteiger charge is 2.10. The van der Waals surface area contributed by atoms with Crippen molar-refractivity contribution in [2.75, 3.05) is 7.11 Å². The number of H-pyrrole nitrogens is 1. The standard InChI is InChI=1S/C15H13N3O2S/c1-20-13-8-2-10(3-9-13)14-16-17-15(21)18(14)11-4-6-12(19)7-5-11/h2-9,19H,1H3,(H,17,21). The van der Waals surface area contributed by atoms with Crippen LogP contribution in [0.1, 0.15) is 0 Å². The maximum atomic E-state index is 9.39. The highest BCUT2D eigenvalue weighted by Crippen LogP contribution is 2.24. The van der Waals surface area contributed by atoms with Gasteiger partial charge in [0.25, 0.3) is 0 Å². The molecule has 21 heavy (non-hydrogen) atoms. The van der Waals surface area contributed by atoms with Crippen LogP contribution in [-0.2, 0) is 0 Å². The smallest absolute Gasteiger partial charge is 0.200 e. The Balaban J connectivity index is 2.11. The van der Waals surface area contributed by atoms with Crippen LogP contribution >= 0.6 is 12.2 Å². The summed E-state index contributed by atoms with van der Waals surface area (Å²) < 4.78 is 7.46. The van der Waals surface area contributed by atoms with Crippen LogP contribution in [0.15, 0.2) is 48.5 Å². The Labute approximate surface area is 126 Å². The summed E-state index contributed by atoms with van der Waals surface area (Å²) in [6.45, 7) is 0. The van der Waals surface area contributed by atoms with Gasteiger partial charge in [-0.3, -0.25) is 9.67 Å². The Bertz CT molecular complexity index is 804. The summed E-state index contributed by atoms with van der Waals surface area (Å²) in [6.07, 6.45) is 0.